The fraction of sp³-hybridized carbons (Fsp3) is 0.150. The highest BCUT2D eigenvalue weighted by molar-refractivity contribution is 5.92. The molecule has 0 bridgehead atoms. The van der Waals surface area contributed by atoms with Crippen LogP contribution in [0.15, 0.2) is 54.6 Å². The Hall–Kier alpha value is -3.39. The highest BCUT2D eigenvalue weighted by atomic mass is 15.1. The van der Waals surface area contributed by atoms with Crippen molar-refractivity contribution in [3.05, 3.63) is 65.7 Å². The third kappa shape index (κ3) is 2.68. The molecule has 0 aliphatic carbocycles. The number of nitrogens with two attached hydrogens (primary N) is 1. The molecule has 0 saturated heterocycles. The van der Waals surface area contributed by atoms with E-state index in [4.69, 9.17) is 10.7 Å². The molecule has 5 heteroatoms. The van der Waals surface area contributed by atoms with Gasteiger partial charge in [-0.2, -0.15) is 5.26 Å². The molecule has 25 heavy (non-hydrogen) atoms. The average molecular weight is 327 g/mol. The van der Waals surface area contributed by atoms with Crippen molar-refractivity contribution in [3.8, 4) is 6.07 Å². The van der Waals surface area contributed by atoms with Gasteiger partial charge in [-0.25, -0.2) is 9.97 Å². The summed E-state index contributed by atoms with van der Waals surface area (Å²) in [6, 6.07) is 20.2. The summed E-state index contributed by atoms with van der Waals surface area (Å²) >= 11 is 0. The van der Waals surface area contributed by atoms with Gasteiger partial charge in [-0.15, -0.1) is 0 Å². The van der Waals surface area contributed by atoms with Gasteiger partial charge in [-0.3, -0.25) is 0 Å². The second-order valence-corrected chi connectivity index (χ2v) is 6.00. The monoisotopic (exact) mass is 327 g/mol. The van der Waals surface area contributed by atoms with E-state index in [-0.39, 0.29) is 0 Å². The first kappa shape index (κ1) is 15.2. The first-order valence-corrected chi connectivity index (χ1v) is 8.26. The van der Waals surface area contributed by atoms with E-state index in [9.17, 15) is 5.26 Å². The first-order chi connectivity index (χ1) is 12.3. The van der Waals surface area contributed by atoms with Crippen molar-refractivity contribution in [1.29, 1.82) is 5.26 Å². The molecule has 0 radical (unpaired) electrons. The summed E-state index contributed by atoms with van der Waals surface area (Å²) in [6.45, 7) is 0.700. The smallest absolute Gasteiger partial charge is 0.162 e. The van der Waals surface area contributed by atoms with Gasteiger partial charge < -0.3 is 10.3 Å². The van der Waals surface area contributed by atoms with Gasteiger partial charge >= 0.3 is 0 Å². The zero-order valence-electron chi connectivity index (χ0n) is 13.7. The van der Waals surface area contributed by atoms with Crippen LogP contribution in [0.5, 0.6) is 0 Å². The van der Waals surface area contributed by atoms with Crippen LogP contribution in [-0.2, 0) is 13.0 Å². The number of rotatable bonds is 4. The van der Waals surface area contributed by atoms with Crippen molar-refractivity contribution < 1.29 is 0 Å². The van der Waals surface area contributed by atoms with Crippen LogP contribution in [0.2, 0.25) is 0 Å². The predicted molar refractivity (Wildman–Crippen MR) is 98.9 cm³/mol. The molecule has 0 atom stereocenters. The Labute approximate surface area is 145 Å². The van der Waals surface area contributed by atoms with Gasteiger partial charge in [0.2, 0.25) is 0 Å². The van der Waals surface area contributed by atoms with Crippen LogP contribution >= 0.6 is 0 Å². The molecule has 2 N–H and O–H groups in total. The molecule has 2 aromatic carbocycles. The molecular formula is C20H17N5. The van der Waals surface area contributed by atoms with E-state index in [0.29, 0.717) is 29.1 Å². The number of aryl methyl sites for hydroxylation is 2. The van der Waals surface area contributed by atoms with Crippen molar-refractivity contribution in [2.45, 2.75) is 19.4 Å². The minimum absolute atomic E-state index is 0.410. The van der Waals surface area contributed by atoms with Crippen LogP contribution in [-0.4, -0.2) is 14.5 Å². The molecule has 0 aliphatic heterocycles. The molecule has 2 aromatic heterocycles. The highest BCUT2D eigenvalue weighted by Gasteiger charge is 2.18. The summed E-state index contributed by atoms with van der Waals surface area (Å²) in [7, 11) is 0. The third-order valence-corrected chi connectivity index (χ3v) is 4.39. The maximum Gasteiger partial charge on any atom is 0.162 e. The molecule has 2 heterocycles. The maximum atomic E-state index is 9.49. The number of nitriles is 1. The van der Waals surface area contributed by atoms with E-state index < -0.39 is 0 Å². The van der Waals surface area contributed by atoms with Crippen LogP contribution in [0.1, 0.15) is 17.5 Å². The maximum absolute atomic E-state index is 9.49. The van der Waals surface area contributed by atoms with Crippen molar-refractivity contribution in [2.24, 2.45) is 0 Å². The number of fused-ring (bicyclic) bond motifs is 2. The molecule has 0 spiro atoms. The fourth-order valence-electron chi connectivity index (χ4n) is 3.14. The number of para-hydroxylation sites is 2. The molecule has 4 rings (SSSR count). The minimum Gasteiger partial charge on any atom is -0.384 e. The standard InChI is InChI=1S/C20H17N5/c21-13-15-18-20(24-17-11-5-4-10-16(17)23-18)25(19(15)22)12-6-9-14-7-2-1-3-8-14/h1-5,7-8,10-11H,6,9,12,22H2. The molecule has 122 valence electrons. The molecular weight excluding hydrogens is 310 g/mol. The minimum atomic E-state index is 0.410. The Kier molecular flexibility index (Phi) is 3.79. The zero-order chi connectivity index (χ0) is 17.2. The first-order valence-electron chi connectivity index (χ1n) is 8.26. The van der Waals surface area contributed by atoms with Gasteiger partial charge in [0.05, 0.1) is 11.0 Å². The molecule has 0 amide bonds. The summed E-state index contributed by atoms with van der Waals surface area (Å²) in [5.74, 6) is 0.445. The Morgan fingerprint density at radius 3 is 2.36 bits per heavy atom. The average Bonchev–Trinajstić information content (AvgIpc) is 2.91. The second kappa shape index (κ2) is 6.25. The summed E-state index contributed by atoms with van der Waals surface area (Å²) in [5, 5.41) is 9.49. The van der Waals surface area contributed by atoms with E-state index in [2.05, 4.69) is 23.2 Å². The van der Waals surface area contributed by atoms with Crippen LogP contribution in [0.4, 0.5) is 5.82 Å². The highest BCUT2D eigenvalue weighted by Crippen LogP contribution is 2.27. The van der Waals surface area contributed by atoms with Gasteiger partial charge in [-0.05, 0) is 30.5 Å². The summed E-state index contributed by atoms with van der Waals surface area (Å²) in [5.41, 5.74) is 10.8. The quantitative estimate of drug-likeness (QED) is 0.620. The Morgan fingerprint density at radius 1 is 0.960 bits per heavy atom. The molecule has 4 aromatic rings. The summed E-state index contributed by atoms with van der Waals surface area (Å²) < 4.78 is 1.91. The Morgan fingerprint density at radius 2 is 1.64 bits per heavy atom. The topological polar surface area (TPSA) is 80.5 Å². The normalized spacial score (nSPS) is 11.0. The van der Waals surface area contributed by atoms with Gasteiger partial charge in [0.1, 0.15) is 23.0 Å². The molecule has 0 saturated carbocycles. The number of hydrogen-bond donors (Lipinski definition) is 1. The predicted octanol–water partition coefficient (Wildman–Crippen LogP) is 3.67. The largest absolute Gasteiger partial charge is 0.384 e. The van der Waals surface area contributed by atoms with Crippen molar-refractivity contribution >= 4 is 28.0 Å². The number of nitrogens with zero attached hydrogens (tertiary/aromatic N) is 4. The number of anilines is 1. The van der Waals surface area contributed by atoms with Crippen molar-refractivity contribution in [2.75, 3.05) is 5.73 Å². The van der Waals surface area contributed by atoms with Crippen molar-refractivity contribution in [1.82, 2.24) is 14.5 Å². The lowest BCUT2D eigenvalue weighted by molar-refractivity contribution is 0.664. The van der Waals surface area contributed by atoms with Crippen LogP contribution in [0.25, 0.3) is 22.2 Å². The van der Waals surface area contributed by atoms with Crippen LogP contribution in [0.3, 0.4) is 0 Å². The van der Waals surface area contributed by atoms with E-state index in [0.717, 1.165) is 23.9 Å². The lowest BCUT2D eigenvalue weighted by Crippen LogP contribution is -2.05. The third-order valence-electron chi connectivity index (χ3n) is 4.39. The Balaban J connectivity index is 1.73. The SMILES string of the molecule is N#Cc1c(N)n(CCCc2ccccc2)c2nc3ccccc3nc12. The van der Waals surface area contributed by atoms with Crippen molar-refractivity contribution in [3.63, 3.8) is 0 Å². The Bertz CT molecular complexity index is 1090. The second-order valence-electron chi connectivity index (χ2n) is 6.00. The number of aromatic nitrogens is 3. The fourth-order valence-corrected chi connectivity index (χ4v) is 3.14. The van der Waals surface area contributed by atoms with Gasteiger partial charge in [-0.1, -0.05) is 42.5 Å². The van der Waals surface area contributed by atoms with Gasteiger partial charge in [0, 0.05) is 6.54 Å². The van der Waals surface area contributed by atoms with E-state index in [1.54, 1.807) is 0 Å². The number of hydrogen-bond acceptors (Lipinski definition) is 4. The van der Waals surface area contributed by atoms with Crippen LogP contribution in [0, 0.1) is 11.3 Å². The van der Waals surface area contributed by atoms with Crippen LogP contribution < -0.4 is 5.73 Å². The number of benzene rings is 2. The van der Waals surface area contributed by atoms with E-state index in [1.165, 1.54) is 5.56 Å². The molecule has 0 unspecified atom stereocenters. The van der Waals surface area contributed by atoms with Gasteiger partial charge in [0.25, 0.3) is 0 Å². The lowest BCUT2D eigenvalue weighted by Gasteiger charge is -2.07. The van der Waals surface area contributed by atoms with E-state index >= 15 is 0 Å². The summed E-state index contributed by atoms with van der Waals surface area (Å²) in [6.07, 6.45) is 1.86. The van der Waals surface area contributed by atoms with E-state index in [1.807, 2.05) is 47.0 Å². The number of nitrogen functional groups attached to an aromatic ring is 1. The lowest BCUT2D eigenvalue weighted by atomic mass is 10.1. The van der Waals surface area contributed by atoms with Gasteiger partial charge in [0.15, 0.2) is 5.65 Å². The molecule has 0 aliphatic rings. The molecule has 0 fully saturated rings. The summed E-state index contributed by atoms with van der Waals surface area (Å²) in [4.78, 5) is 9.31. The zero-order valence-corrected chi connectivity index (χ0v) is 13.7. The molecule has 5 nitrogen and oxygen atoms in total.